The molecule has 1 atom stereocenters. The highest BCUT2D eigenvalue weighted by atomic mass is 19.1. The normalized spacial score (nSPS) is 21.9. The standard InChI is InChI=1S/C14H17FN2O/c1-13(18,12-6-5-11(15)9-17-12)14(10-16)7-3-2-4-8-14/h5-6,9,18H,2-4,7-8H2,1H3. The highest BCUT2D eigenvalue weighted by Gasteiger charge is 2.50. The van der Waals surface area contributed by atoms with Crippen molar-refractivity contribution in [1.29, 1.82) is 5.26 Å². The molecular weight excluding hydrogens is 231 g/mol. The summed E-state index contributed by atoms with van der Waals surface area (Å²) in [7, 11) is 0. The van der Waals surface area contributed by atoms with Crippen LogP contribution in [0.25, 0.3) is 0 Å². The maximum Gasteiger partial charge on any atom is 0.141 e. The van der Waals surface area contributed by atoms with E-state index in [0.29, 0.717) is 18.5 Å². The number of nitriles is 1. The molecule has 0 amide bonds. The van der Waals surface area contributed by atoms with Crippen LogP contribution in [0, 0.1) is 22.6 Å². The minimum Gasteiger partial charge on any atom is -0.382 e. The quantitative estimate of drug-likeness (QED) is 0.875. The lowest BCUT2D eigenvalue weighted by atomic mass is 9.63. The third-order valence-electron chi connectivity index (χ3n) is 4.08. The minimum absolute atomic E-state index is 0.368. The van der Waals surface area contributed by atoms with Crippen molar-refractivity contribution in [2.45, 2.75) is 44.6 Å². The molecule has 1 heterocycles. The SMILES string of the molecule is CC(O)(c1ccc(F)cn1)C1(C#N)CCCCC1. The molecule has 1 unspecified atom stereocenters. The average Bonchev–Trinajstić information content (AvgIpc) is 2.40. The fourth-order valence-corrected chi connectivity index (χ4v) is 2.77. The van der Waals surface area contributed by atoms with E-state index < -0.39 is 16.8 Å². The lowest BCUT2D eigenvalue weighted by molar-refractivity contribution is -0.0668. The molecule has 1 saturated carbocycles. The Balaban J connectivity index is 2.39. The molecule has 0 aromatic carbocycles. The molecule has 0 bridgehead atoms. The van der Waals surface area contributed by atoms with Crippen LogP contribution in [0.1, 0.15) is 44.7 Å². The molecule has 1 fully saturated rings. The van der Waals surface area contributed by atoms with Crippen molar-refractivity contribution in [1.82, 2.24) is 4.98 Å². The first kappa shape index (κ1) is 13.0. The van der Waals surface area contributed by atoms with Crippen LogP contribution < -0.4 is 0 Å². The van der Waals surface area contributed by atoms with Crippen LogP contribution in [-0.2, 0) is 5.60 Å². The third kappa shape index (κ3) is 1.99. The van der Waals surface area contributed by atoms with E-state index in [1.807, 2.05) is 0 Å². The van der Waals surface area contributed by atoms with Crippen LogP contribution in [0.3, 0.4) is 0 Å². The Bertz CT molecular complexity index is 456. The number of aromatic nitrogens is 1. The number of halogens is 1. The Morgan fingerprint density at radius 1 is 1.39 bits per heavy atom. The second-order valence-electron chi connectivity index (χ2n) is 5.19. The highest BCUT2D eigenvalue weighted by molar-refractivity contribution is 5.22. The molecule has 0 radical (unpaired) electrons. The van der Waals surface area contributed by atoms with Crippen LogP contribution in [0.2, 0.25) is 0 Å². The van der Waals surface area contributed by atoms with Crippen molar-refractivity contribution < 1.29 is 9.50 Å². The van der Waals surface area contributed by atoms with Gasteiger partial charge in [-0.25, -0.2) is 4.39 Å². The van der Waals surface area contributed by atoms with E-state index in [-0.39, 0.29) is 0 Å². The molecule has 1 N–H and O–H groups in total. The summed E-state index contributed by atoms with van der Waals surface area (Å²) in [5, 5.41) is 20.2. The maximum absolute atomic E-state index is 12.9. The van der Waals surface area contributed by atoms with Crippen LogP contribution >= 0.6 is 0 Å². The van der Waals surface area contributed by atoms with Gasteiger partial charge in [-0.05, 0) is 31.9 Å². The predicted molar refractivity (Wildman–Crippen MR) is 64.9 cm³/mol. The van der Waals surface area contributed by atoms with Gasteiger partial charge in [0.05, 0.1) is 23.4 Å². The van der Waals surface area contributed by atoms with Crippen molar-refractivity contribution >= 4 is 0 Å². The van der Waals surface area contributed by atoms with Gasteiger partial charge in [-0.2, -0.15) is 5.26 Å². The first-order valence-electron chi connectivity index (χ1n) is 6.27. The number of hydrogen-bond donors (Lipinski definition) is 1. The Kier molecular flexibility index (Phi) is 3.36. The third-order valence-corrected chi connectivity index (χ3v) is 4.08. The van der Waals surface area contributed by atoms with Crippen LogP contribution in [-0.4, -0.2) is 10.1 Å². The molecule has 0 spiro atoms. The number of hydrogen-bond acceptors (Lipinski definition) is 3. The number of rotatable bonds is 2. The zero-order chi connectivity index (χ0) is 13.2. The van der Waals surface area contributed by atoms with E-state index >= 15 is 0 Å². The van der Waals surface area contributed by atoms with E-state index in [4.69, 9.17) is 0 Å². The molecule has 1 aliphatic rings. The summed E-state index contributed by atoms with van der Waals surface area (Å²) in [6.45, 7) is 1.61. The van der Waals surface area contributed by atoms with Gasteiger partial charge < -0.3 is 5.11 Å². The second kappa shape index (κ2) is 4.66. The van der Waals surface area contributed by atoms with Gasteiger partial charge >= 0.3 is 0 Å². The summed E-state index contributed by atoms with van der Waals surface area (Å²) in [4.78, 5) is 3.94. The van der Waals surface area contributed by atoms with Gasteiger partial charge in [0, 0.05) is 0 Å². The van der Waals surface area contributed by atoms with Gasteiger partial charge in [0.2, 0.25) is 0 Å². The largest absolute Gasteiger partial charge is 0.382 e. The first-order valence-corrected chi connectivity index (χ1v) is 6.27. The summed E-state index contributed by atoms with van der Waals surface area (Å²) in [6, 6.07) is 5.02. The lowest BCUT2D eigenvalue weighted by Gasteiger charge is -2.42. The van der Waals surface area contributed by atoms with Crippen molar-refractivity contribution in [3.63, 3.8) is 0 Å². The summed E-state index contributed by atoms with van der Waals surface area (Å²) in [6.07, 6.45) is 5.37. The fourth-order valence-electron chi connectivity index (χ4n) is 2.77. The molecule has 4 heteroatoms. The molecule has 0 saturated heterocycles. The van der Waals surface area contributed by atoms with E-state index in [9.17, 15) is 14.8 Å². The van der Waals surface area contributed by atoms with Gasteiger partial charge in [-0.1, -0.05) is 19.3 Å². The van der Waals surface area contributed by atoms with Gasteiger partial charge in [-0.3, -0.25) is 4.98 Å². The Hall–Kier alpha value is -1.47. The van der Waals surface area contributed by atoms with Gasteiger partial charge in [0.15, 0.2) is 0 Å². The van der Waals surface area contributed by atoms with E-state index in [0.717, 1.165) is 25.5 Å². The van der Waals surface area contributed by atoms with Crippen LogP contribution in [0.15, 0.2) is 18.3 Å². The van der Waals surface area contributed by atoms with E-state index in [2.05, 4.69) is 11.1 Å². The van der Waals surface area contributed by atoms with E-state index in [1.54, 1.807) is 6.92 Å². The topological polar surface area (TPSA) is 56.9 Å². The Labute approximate surface area is 106 Å². The van der Waals surface area contributed by atoms with Crippen LogP contribution in [0.4, 0.5) is 4.39 Å². The lowest BCUT2D eigenvalue weighted by Crippen LogP contribution is -2.44. The molecule has 3 nitrogen and oxygen atoms in total. The van der Waals surface area contributed by atoms with Crippen molar-refractivity contribution in [3.8, 4) is 6.07 Å². The Morgan fingerprint density at radius 2 is 2.06 bits per heavy atom. The smallest absolute Gasteiger partial charge is 0.141 e. The number of aliphatic hydroxyl groups is 1. The van der Waals surface area contributed by atoms with Gasteiger partial charge in [-0.15, -0.1) is 0 Å². The maximum atomic E-state index is 12.9. The molecule has 1 aromatic heterocycles. The zero-order valence-corrected chi connectivity index (χ0v) is 10.5. The predicted octanol–water partition coefficient (Wildman–Crippen LogP) is 2.90. The molecule has 18 heavy (non-hydrogen) atoms. The number of nitrogens with zero attached hydrogens (tertiary/aromatic N) is 2. The summed E-state index contributed by atoms with van der Waals surface area (Å²) >= 11 is 0. The molecule has 1 aliphatic carbocycles. The van der Waals surface area contributed by atoms with Gasteiger partial charge in [0.25, 0.3) is 0 Å². The average molecular weight is 248 g/mol. The van der Waals surface area contributed by atoms with E-state index in [1.165, 1.54) is 12.1 Å². The zero-order valence-electron chi connectivity index (χ0n) is 10.5. The molecule has 1 aromatic rings. The fraction of sp³-hybridized carbons (Fsp3) is 0.571. The van der Waals surface area contributed by atoms with Gasteiger partial charge in [0.1, 0.15) is 11.4 Å². The molecule has 2 rings (SSSR count). The monoisotopic (exact) mass is 248 g/mol. The van der Waals surface area contributed by atoms with Crippen molar-refractivity contribution in [3.05, 3.63) is 29.8 Å². The van der Waals surface area contributed by atoms with Crippen LogP contribution in [0.5, 0.6) is 0 Å². The summed E-state index contributed by atoms with van der Waals surface area (Å²) in [5.41, 5.74) is -1.78. The summed E-state index contributed by atoms with van der Waals surface area (Å²) in [5.74, 6) is -0.441. The highest BCUT2D eigenvalue weighted by Crippen LogP contribution is 2.48. The minimum atomic E-state index is -1.34. The first-order chi connectivity index (χ1) is 8.52. The molecule has 96 valence electrons. The molecular formula is C14H17FN2O. The van der Waals surface area contributed by atoms with Crippen molar-refractivity contribution in [2.75, 3.05) is 0 Å². The van der Waals surface area contributed by atoms with Crippen molar-refractivity contribution in [2.24, 2.45) is 5.41 Å². The number of pyridine rings is 1. The molecule has 0 aliphatic heterocycles. The second-order valence-corrected chi connectivity index (χ2v) is 5.19. The Morgan fingerprint density at radius 3 is 2.56 bits per heavy atom. The summed E-state index contributed by atoms with van der Waals surface area (Å²) < 4.78 is 12.9.